The van der Waals surface area contributed by atoms with Gasteiger partial charge in [0.1, 0.15) is 5.82 Å². The van der Waals surface area contributed by atoms with Crippen molar-refractivity contribution in [3.8, 4) is 11.5 Å². The summed E-state index contributed by atoms with van der Waals surface area (Å²) in [7, 11) is -3.99. The van der Waals surface area contributed by atoms with E-state index in [1.807, 2.05) is 0 Å². The Labute approximate surface area is 173 Å². The molecule has 0 atom stereocenters. The normalized spacial score (nSPS) is 15.4. The lowest BCUT2D eigenvalue weighted by atomic mass is 9.96. The first-order chi connectivity index (χ1) is 13.9. The Hall–Kier alpha value is -2.38. The van der Waals surface area contributed by atoms with E-state index in [0.29, 0.717) is 10.6 Å². The van der Waals surface area contributed by atoms with Gasteiger partial charge in [0.15, 0.2) is 0 Å². The van der Waals surface area contributed by atoms with Gasteiger partial charge in [0.2, 0.25) is 26.6 Å². The molecule has 5 nitrogen and oxygen atoms in total. The number of hydrogen-bond donors (Lipinski definition) is 1. The van der Waals surface area contributed by atoms with Crippen LogP contribution in [-0.2, 0) is 9.84 Å². The van der Waals surface area contributed by atoms with Gasteiger partial charge in [-0.25, -0.2) is 12.8 Å². The number of halogens is 2. The summed E-state index contributed by atoms with van der Waals surface area (Å²) < 4.78 is 45.5. The number of aromatic nitrogens is 1. The molecular formula is C21H20ClFN2O3S. The quantitative estimate of drug-likeness (QED) is 0.520. The van der Waals surface area contributed by atoms with Crippen LogP contribution in [-0.4, -0.2) is 19.4 Å². The third-order valence-electron chi connectivity index (χ3n) is 5.01. The van der Waals surface area contributed by atoms with Crippen LogP contribution in [0.3, 0.4) is 0 Å². The standard InChI is InChI=1S/C21H20ClFN2O3S/c22-15-8-6-14(7-9-15)19-25-21(20(28-19)24-17-4-2-1-3-5-17)29(26,27)18-12-10-16(23)11-13-18/h6-13,17,24H,1-5H2. The summed E-state index contributed by atoms with van der Waals surface area (Å²) in [5.74, 6) is -0.210. The lowest BCUT2D eigenvalue weighted by molar-refractivity contribution is 0.450. The molecule has 152 valence electrons. The average Bonchev–Trinajstić information content (AvgIpc) is 3.14. The van der Waals surface area contributed by atoms with Gasteiger partial charge in [-0.15, -0.1) is 0 Å². The first-order valence-corrected chi connectivity index (χ1v) is 11.3. The van der Waals surface area contributed by atoms with Crippen LogP contribution in [0.2, 0.25) is 5.02 Å². The minimum absolute atomic E-state index is 0.0402. The fourth-order valence-electron chi connectivity index (χ4n) is 3.45. The zero-order valence-corrected chi connectivity index (χ0v) is 17.1. The molecule has 1 heterocycles. The van der Waals surface area contributed by atoms with E-state index in [9.17, 15) is 12.8 Å². The van der Waals surface area contributed by atoms with E-state index in [1.165, 1.54) is 18.6 Å². The zero-order valence-electron chi connectivity index (χ0n) is 15.6. The van der Waals surface area contributed by atoms with Crippen LogP contribution in [0.5, 0.6) is 0 Å². The molecule has 8 heteroatoms. The van der Waals surface area contributed by atoms with E-state index in [4.69, 9.17) is 16.0 Å². The van der Waals surface area contributed by atoms with E-state index in [-0.39, 0.29) is 27.7 Å². The number of sulfone groups is 1. The Morgan fingerprint density at radius 3 is 2.31 bits per heavy atom. The van der Waals surface area contributed by atoms with E-state index < -0.39 is 15.7 Å². The molecule has 3 aromatic rings. The number of rotatable bonds is 5. The third-order valence-corrected chi connectivity index (χ3v) is 6.94. The summed E-state index contributed by atoms with van der Waals surface area (Å²) in [6, 6.07) is 11.6. The summed E-state index contributed by atoms with van der Waals surface area (Å²) in [4.78, 5) is 4.25. The molecule has 0 amide bonds. The van der Waals surface area contributed by atoms with Crippen LogP contribution in [0, 0.1) is 5.82 Å². The molecule has 2 aromatic carbocycles. The summed E-state index contributed by atoms with van der Waals surface area (Å²) in [5, 5.41) is 3.59. The van der Waals surface area contributed by atoms with Crippen LogP contribution in [0.15, 0.2) is 62.9 Å². The van der Waals surface area contributed by atoms with Gasteiger partial charge in [-0.1, -0.05) is 30.9 Å². The highest BCUT2D eigenvalue weighted by atomic mass is 35.5. The van der Waals surface area contributed by atoms with E-state index in [2.05, 4.69) is 10.3 Å². The molecule has 1 aliphatic carbocycles. The number of oxazole rings is 1. The van der Waals surface area contributed by atoms with Crippen molar-refractivity contribution in [3.05, 3.63) is 59.4 Å². The molecule has 0 unspecified atom stereocenters. The van der Waals surface area contributed by atoms with Crippen LogP contribution in [0.1, 0.15) is 32.1 Å². The Kier molecular flexibility index (Phi) is 5.61. The molecule has 0 aliphatic heterocycles. The largest absolute Gasteiger partial charge is 0.419 e. The van der Waals surface area contributed by atoms with Crippen LogP contribution in [0.4, 0.5) is 10.3 Å². The first kappa shape index (κ1) is 19.9. The predicted molar refractivity (Wildman–Crippen MR) is 109 cm³/mol. The number of nitrogens with one attached hydrogen (secondary N) is 1. The predicted octanol–water partition coefficient (Wildman–Crippen LogP) is 5.71. The molecule has 1 saturated carbocycles. The van der Waals surface area contributed by atoms with E-state index in [0.717, 1.165) is 37.8 Å². The van der Waals surface area contributed by atoms with Crippen molar-refractivity contribution in [2.24, 2.45) is 0 Å². The van der Waals surface area contributed by atoms with Gasteiger partial charge in [0, 0.05) is 16.6 Å². The summed E-state index contributed by atoms with van der Waals surface area (Å²) in [6.07, 6.45) is 5.21. The number of nitrogens with zero attached hydrogens (tertiary/aromatic N) is 1. The van der Waals surface area contributed by atoms with Gasteiger partial charge >= 0.3 is 0 Å². The molecule has 4 rings (SSSR count). The lowest BCUT2D eigenvalue weighted by Crippen LogP contribution is -2.23. The highest BCUT2D eigenvalue weighted by Crippen LogP contribution is 2.34. The fourth-order valence-corrected chi connectivity index (χ4v) is 4.84. The minimum atomic E-state index is -3.99. The molecule has 0 spiro atoms. The Morgan fingerprint density at radius 1 is 1.00 bits per heavy atom. The second-order valence-corrected chi connectivity index (χ2v) is 9.40. The molecule has 1 N–H and O–H groups in total. The highest BCUT2D eigenvalue weighted by molar-refractivity contribution is 7.91. The molecule has 0 bridgehead atoms. The monoisotopic (exact) mass is 434 g/mol. The van der Waals surface area contributed by atoms with Crippen molar-refractivity contribution in [2.45, 2.75) is 48.1 Å². The van der Waals surface area contributed by atoms with Gasteiger partial charge < -0.3 is 9.73 Å². The van der Waals surface area contributed by atoms with Crippen LogP contribution >= 0.6 is 11.6 Å². The SMILES string of the molecule is O=S(=O)(c1ccc(F)cc1)c1nc(-c2ccc(Cl)cc2)oc1NC1CCCCC1. The maximum Gasteiger partial charge on any atom is 0.234 e. The second kappa shape index (κ2) is 8.16. The van der Waals surface area contributed by atoms with Crippen LogP contribution < -0.4 is 5.32 Å². The Balaban J connectivity index is 1.77. The lowest BCUT2D eigenvalue weighted by Gasteiger charge is -2.22. The first-order valence-electron chi connectivity index (χ1n) is 9.47. The Bertz CT molecular complexity index is 1090. The maximum absolute atomic E-state index is 13.3. The third kappa shape index (κ3) is 4.31. The molecule has 1 aliphatic rings. The second-order valence-electron chi connectivity index (χ2n) is 7.10. The number of hydrogen-bond acceptors (Lipinski definition) is 5. The smallest absolute Gasteiger partial charge is 0.234 e. The molecule has 1 aromatic heterocycles. The van der Waals surface area contributed by atoms with E-state index >= 15 is 0 Å². The molecule has 0 saturated heterocycles. The van der Waals surface area contributed by atoms with Gasteiger partial charge in [0.05, 0.1) is 4.90 Å². The summed E-state index contributed by atoms with van der Waals surface area (Å²) in [5.41, 5.74) is 0.613. The summed E-state index contributed by atoms with van der Waals surface area (Å²) >= 11 is 5.94. The Morgan fingerprint density at radius 2 is 1.66 bits per heavy atom. The van der Waals surface area contributed by atoms with Gasteiger partial charge in [-0.05, 0) is 61.4 Å². The number of benzene rings is 2. The van der Waals surface area contributed by atoms with Crippen LogP contribution in [0.25, 0.3) is 11.5 Å². The fraction of sp³-hybridized carbons (Fsp3) is 0.286. The minimum Gasteiger partial charge on any atom is -0.419 e. The number of anilines is 1. The molecule has 29 heavy (non-hydrogen) atoms. The topological polar surface area (TPSA) is 72.2 Å². The molecule has 1 fully saturated rings. The highest BCUT2D eigenvalue weighted by Gasteiger charge is 2.30. The summed E-state index contributed by atoms with van der Waals surface area (Å²) in [6.45, 7) is 0. The zero-order chi connectivity index (χ0) is 20.4. The van der Waals surface area contributed by atoms with Crippen molar-refractivity contribution < 1.29 is 17.2 Å². The van der Waals surface area contributed by atoms with Crippen molar-refractivity contribution in [1.82, 2.24) is 4.98 Å². The van der Waals surface area contributed by atoms with Crippen molar-refractivity contribution in [2.75, 3.05) is 5.32 Å². The molecular weight excluding hydrogens is 415 g/mol. The van der Waals surface area contributed by atoms with Gasteiger partial charge in [-0.2, -0.15) is 4.98 Å². The average molecular weight is 435 g/mol. The molecule has 0 radical (unpaired) electrons. The van der Waals surface area contributed by atoms with E-state index in [1.54, 1.807) is 24.3 Å². The van der Waals surface area contributed by atoms with Gasteiger partial charge in [0.25, 0.3) is 0 Å². The van der Waals surface area contributed by atoms with Crippen molar-refractivity contribution in [1.29, 1.82) is 0 Å². The van der Waals surface area contributed by atoms with Crippen molar-refractivity contribution in [3.63, 3.8) is 0 Å². The maximum atomic E-state index is 13.3. The van der Waals surface area contributed by atoms with Gasteiger partial charge in [-0.3, -0.25) is 0 Å². The van der Waals surface area contributed by atoms with Crippen molar-refractivity contribution >= 4 is 27.3 Å².